The molecule has 1 heterocycles. The highest BCUT2D eigenvalue weighted by atomic mass is 35.5. The van der Waals surface area contributed by atoms with Crippen LogP contribution in [0.2, 0.25) is 5.02 Å². The van der Waals surface area contributed by atoms with Crippen LogP contribution >= 0.6 is 11.6 Å². The standard InChI is InChI=1S/C27H25ClN4O3/c1-16-14-20(28)10-13-25(16)35-18(3)26(33)30-21-11-8-19(9-12-21)17(2)31-32-27(34)23-15-29-24-7-5-4-6-22(23)24/h4-15,18,29H,1-3H3,(H,30,33)(H,32,34)/b31-17+. The number of aromatic nitrogens is 1. The number of nitrogens with one attached hydrogen (secondary N) is 3. The normalized spacial score (nSPS) is 12.3. The summed E-state index contributed by atoms with van der Waals surface area (Å²) >= 11 is 5.97. The first kappa shape index (κ1) is 24.0. The molecule has 35 heavy (non-hydrogen) atoms. The molecule has 0 saturated carbocycles. The van der Waals surface area contributed by atoms with E-state index in [1.54, 1.807) is 50.4 Å². The quantitative estimate of drug-likeness (QED) is 0.230. The van der Waals surface area contributed by atoms with E-state index in [1.165, 1.54) is 0 Å². The number of rotatable bonds is 7. The van der Waals surface area contributed by atoms with E-state index in [1.807, 2.05) is 43.3 Å². The molecule has 0 aliphatic heterocycles. The zero-order chi connectivity index (χ0) is 24.9. The van der Waals surface area contributed by atoms with Crippen molar-refractivity contribution < 1.29 is 14.3 Å². The fourth-order valence-electron chi connectivity index (χ4n) is 3.55. The number of fused-ring (bicyclic) bond motifs is 1. The van der Waals surface area contributed by atoms with Crippen LogP contribution in [0, 0.1) is 6.92 Å². The minimum Gasteiger partial charge on any atom is -0.481 e. The number of hydrogen-bond donors (Lipinski definition) is 3. The lowest BCUT2D eigenvalue weighted by Crippen LogP contribution is -2.30. The zero-order valence-electron chi connectivity index (χ0n) is 19.6. The number of carbonyl (C=O) groups excluding carboxylic acids is 2. The number of para-hydroxylation sites is 1. The van der Waals surface area contributed by atoms with Gasteiger partial charge in [0.15, 0.2) is 6.10 Å². The molecule has 7 nitrogen and oxygen atoms in total. The number of ether oxygens (including phenoxy) is 1. The number of amides is 2. The summed E-state index contributed by atoms with van der Waals surface area (Å²) in [6.07, 6.45) is 0.971. The Kier molecular flexibility index (Phi) is 7.17. The third-order valence-electron chi connectivity index (χ3n) is 5.54. The minimum atomic E-state index is -0.697. The van der Waals surface area contributed by atoms with E-state index in [9.17, 15) is 9.59 Å². The summed E-state index contributed by atoms with van der Waals surface area (Å²) in [6.45, 7) is 5.36. The number of aryl methyl sites for hydroxylation is 1. The number of nitrogens with zero attached hydrogens (tertiary/aromatic N) is 1. The Labute approximate surface area is 208 Å². The Morgan fingerprint density at radius 2 is 1.80 bits per heavy atom. The van der Waals surface area contributed by atoms with Crippen molar-refractivity contribution in [1.29, 1.82) is 0 Å². The fourth-order valence-corrected chi connectivity index (χ4v) is 3.77. The van der Waals surface area contributed by atoms with Crippen LogP contribution in [0.3, 0.4) is 0 Å². The van der Waals surface area contributed by atoms with Crippen molar-refractivity contribution in [2.24, 2.45) is 5.10 Å². The Morgan fingerprint density at radius 1 is 1.06 bits per heavy atom. The van der Waals surface area contributed by atoms with Crippen molar-refractivity contribution in [3.05, 3.63) is 94.6 Å². The second kappa shape index (κ2) is 10.4. The maximum atomic E-state index is 12.6. The molecule has 178 valence electrons. The van der Waals surface area contributed by atoms with E-state index < -0.39 is 6.10 Å². The second-order valence-electron chi connectivity index (χ2n) is 8.12. The highest BCUT2D eigenvalue weighted by Crippen LogP contribution is 2.23. The second-order valence-corrected chi connectivity index (χ2v) is 8.56. The van der Waals surface area contributed by atoms with Crippen LogP contribution < -0.4 is 15.5 Å². The van der Waals surface area contributed by atoms with Gasteiger partial charge in [0.25, 0.3) is 11.8 Å². The van der Waals surface area contributed by atoms with Gasteiger partial charge in [0, 0.05) is 27.8 Å². The third kappa shape index (κ3) is 5.70. The lowest BCUT2D eigenvalue weighted by Gasteiger charge is -2.16. The predicted molar refractivity (Wildman–Crippen MR) is 139 cm³/mol. The van der Waals surface area contributed by atoms with Crippen LogP contribution in [0.1, 0.15) is 35.3 Å². The summed E-state index contributed by atoms with van der Waals surface area (Å²) in [5, 5.41) is 8.52. The van der Waals surface area contributed by atoms with Gasteiger partial charge in [-0.3, -0.25) is 9.59 Å². The fraction of sp³-hybridized carbons (Fsp3) is 0.148. The van der Waals surface area contributed by atoms with Gasteiger partial charge in [0.2, 0.25) is 0 Å². The van der Waals surface area contributed by atoms with Crippen molar-refractivity contribution in [3.8, 4) is 5.75 Å². The molecule has 0 aliphatic carbocycles. The van der Waals surface area contributed by atoms with Crippen LogP contribution in [-0.2, 0) is 4.79 Å². The first-order chi connectivity index (χ1) is 16.8. The molecule has 3 N–H and O–H groups in total. The molecule has 0 fully saturated rings. The highest BCUT2D eigenvalue weighted by molar-refractivity contribution is 6.30. The van der Waals surface area contributed by atoms with E-state index in [4.69, 9.17) is 16.3 Å². The Morgan fingerprint density at radius 3 is 2.54 bits per heavy atom. The molecule has 0 saturated heterocycles. The molecule has 0 spiro atoms. The van der Waals surface area contributed by atoms with E-state index in [-0.39, 0.29) is 11.8 Å². The van der Waals surface area contributed by atoms with Crippen LogP contribution in [-0.4, -0.2) is 28.6 Å². The average Bonchev–Trinajstić information content (AvgIpc) is 3.29. The number of benzene rings is 3. The molecule has 1 atom stereocenters. The van der Waals surface area contributed by atoms with Gasteiger partial charge in [0.05, 0.1) is 11.3 Å². The molecule has 8 heteroatoms. The van der Waals surface area contributed by atoms with E-state index in [2.05, 4.69) is 20.8 Å². The number of H-pyrrole nitrogens is 1. The van der Waals surface area contributed by atoms with Crippen molar-refractivity contribution in [3.63, 3.8) is 0 Å². The van der Waals surface area contributed by atoms with Gasteiger partial charge in [0.1, 0.15) is 5.75 Å². The number of aromatic amines is 1. The molecular weight excluding hydrogens is 464 g/mol. The minimum absolute atomic E-state index is 0.275. The van der Waals surface area contributed by atoms with Crippen molar-refractivity contribution in [1.82, 2.24) is 10.4 Å². The van der Waals surface area contributed by atoms with Gasteiger partial charge in [-0.15, -0.1) is 0 Å². The third-order valence-corrected chi connectivity index (χ3v) is 5.77. The van der Waals surface area contributed by atoms with E-state index >= 15 is 0 Å². The lowest BCUT2D eigenvalue weighted by atomic mass is 10.1. The Balaban J connectivity index is 1.35. The zero-order valence-corrected chi connectivity index (χ0v) is 20.3. The highest BCUT2D eigenvalue weighted by Gasteiger charge is 2.16. The smallest absolute Gasteiger partial charge is 0.273 e. The maximum absolute atomic E-state index is 12.6. The average molecular weight is 489 g/mol. The lowest BCUT2D eigenvalue weighted by molar-refractivity contribution is -0.122. The summed E-state index contributed by atoms with van der Waals surface area (Å²) < 4.78 is 5.78. The van der Waals surface area contributed by atoms with Gasteiger partial charge < -0.3 is 15.0 Å². The topological polar surface area (TPSA) is 95.6 Å². The van der Waals surface area contributed by atoms with Gasteiger partial charge >= 0.3 is 0 Å². The van der Waals surface area contributed by atoms with Gasteiger partial charge in [-0.2, -0.15) is 5.10 Å². The van der Waals surface area contributed by atoms with Gasteiger partial charge in [-0.05, 0) is 68.3 Å². The molecule has 0 radical (unpaired) electrons. The van der Waals surface area contributed by atoms with Crippen molar-refractivity contribution in [2.45, 2.75) is 26.9 Å². The molecule has 4 aromatic rings. The van der Waals surface area contributed by atoms with Crippen LogP contribution in [0.5, 0.6) is 5.75 Å². The largest absolute Gasteiger partial charge is 0.481 e. The maximum Gasteiger partial charge on any atom is 0.273 e. The summed E-state index contributed by atoms with van der Waals surface area (Å²) in [5.74, 6) is 0.0352. The summed E-state index contributed by atoms with van der Waals surface area (Å²) in [5.41, 5.74) is 6.94. The molecular formula is C27H25ClN4O3. The number of hydrazone groups is 1. The summed E-state index contributed by atoms with van der Waals surface area (Å²) in [6, 6.07) is 20.0. The molecule has 1 aromatic heterocycles. The number of halogens is 1. The first-order valence-corrected chi connectivity index (χ1v) is 11.4. The van der Waals surface area contributed by atoms with Crippen LogP contribution in [0.25, 0.3) is 10.9 Å². The van der Waals surface area contributed by atoms with Crippen LogP contribution in [0.15, 0.2) is 78.0 Å². The molecule has 0 aliphatic rings. The predicted octanol–water partition coefficient (Wildman–Crippen LogP) is 5.69. The van der Waals surface area contributed by atoms with E-state index in [0.29, 0.717) is 27.7 Å². The molecule has 4 rings (SSSR count). The molecule has 1 unspecified atom stereocenters. The van der Waals surface area contributed by atoms with Crippen molar-refractivity contribution >= 4 is 45.7 Å². The van der Waals surface area contributed by atoms with Gasteiger partial charge in [-0.25, -0.2) is 5.43 Å². The van der Waals surface area contributed by atoms with Crippen LogP contribution in [0.4, 0.5) is 5.69 Å². The number of carbonyl (C=O) groups is 2. The molecule has 3 aromatic carbocycles. The van der Waals surface area contributed by atoms with E-state index in [0.717, 1.165) is 22.0 Å². The SMILES string of the molecule is C/C(=N\NC(=O)c1c[nH]c2ccccc12)c1ccc(NC(=O)C(C)Oc2ccc(Cl)cc2C)cc1. The first-order valence-electron chi connectivity index (χ1n) is 11.1. The Bertz CT molecular complexity index is 1410. The summed E-state index contributed by atoms with van der Waals surface area (Å²) in [4.78, 5) is 28.2. The van der Waals surface area contributed by atoms with Gasteiger partial charge in [-0.1, -0.05) is 41.9 Å². The Hall–Kier alpha value is -4.10. The monoisotopic (exact) mass is 488 g/mol. The molecule has 2 amide bonds. The number of anilines is 1. The summed E-state index contributed by atoms with van der Waals surface area (Å²) in [7, 11) is 0. The van der Waals surface area contributed by atoms with Crippen molar-refractivity contribution in [2.75, 3.05) is 5.32 Å². The number of hydrogen-bond acceptors (Lipinski definition) is 4. The molecule has 0 bridgehead atoms.